The summed E-state index contributed by atoms with van der Waals surface area (Å²) in [7, 11) is 0. The molecule has 1 aliphatic heterocycles. The second-order valence-corrected chi connectivity index (χ2v) is 3.01. The molecule has 0 aromatic rings. The van der Waals surface area contributed by atoms with E-state index < -0.39 is 0 Å². The summed E-state index contributed by atoms with van der Waals surface area (Å²) in [5, 5.41) is 2.77. The number of nitrogens with two attached hydrogens (primary N) is 1. The van der Waals surface area contributed by atoms with Crippen LogP contribution in [-0.4, -0.2) is 36.6 Å². The normalized spacial score (nSPS) is 21.3. The lowest BCUT2D eigenvalue weighted by molar-refractivity contribution is 0.183. The number of rotatable bonds is 2. The minimum atomic E-state index is 0.0218. The maximum atomic E-state index is 11.1. The van der Waals surface area contributed by atoms with Crippen molar-refractivity contribution in [2.45, 2.75) is 19.4 Å². The summed E-state index contributed by atoms with van der Waals surface area (Å²) in [5.41, 5.74) is 5.56. The van der Waals surface area contributed by atoms with Gasteiger partial charge in [0, 0.05) is 25.7 Å². The van der Waals surface area contributed by atoms with E-state index in [0.29, 0.717) is 6.54 Å². The van der Waals surface area contributed by atoms with Crippen molar-refractivity contribution < 1.29 is 4.79 Å². The largest absolute Gasteiger partial charge is 0.338 e. The molecule has 3 N–H and O–H groups in total. The Kier molecular flexibility index (Phi) is 2.70. The van der Waals surface area contributed by atoms with Crippen molar-refractivity contribution in [2.75, 3.05) is 19.6 Å². The van der Waals surface area contributed by atoms with Crippen LogP contribution >= 0.6 is 0 Å². The van der Waals surface area contributed by atoms with Crippen LogP contribution < -0.4 is 11.1 Å². The number of amides is 2. The van der Waals surface area contributed by atoms with Crippen LogP contribution in [0.3, 0.4) is 0 Å². The van der Waals surface area contributed by atoms with Crippen molar-refractivity contribution in [3.63, 3.8) is 0 Å². The number of nitrogens with one attached hydrogen (secondary N) is 1. The molecule has 0 bridgehead atoms. The first-order chi connectivity index (χ1) is 5.20. The van der Waals surface area contributed by atoms with Gasteiger partial charge in [-0.05, 0) is 13.3 Å². The van der Waals surface area contributed by atoms with Gasteiger partial charge in [0.1, 0.15) is 0 Å². The van der Waals surface area contributed by atoms with Gasteiger partial charge in [-0.25, -0.2) is 4.79 Å². The van der Waals surface area contributed by atoms with Crippen LogP contribution in [0.15, 0.2) is 0 Å². The molecule has 0 aromatic carbocycles. The molecule has 4 heteroatoms. The highest BCUT2D eigenvalue weighted by Gasteiger charge is 2.17. The van der Waals surface area contributed by atoms with Crippen LogP contribution in [0.25, 0.3) is 0 Å². The summed E-state index contributed by atoms with van der Waals surface area (Å²) in [6.07, 6.45) is 1.03. The number of carbonyl (C=O) groups is 1. The number of carbonyl (C=O) groups excluding carboxylic acids is 1. The molecule has 0 aromatic heterocycles. The van der Waals surface area contributed by atoms with Gasteiger partial charge in [-0.15, -0.1) is 0 Å². The predicted molar refractivity (Wildman–Crippen MR) is 43.2 cm³/mol. The van der Waals surface area contributed by atoms with Gasteiger partial charge in [0.2, 0.25) is 0 Å². The molecule has 0 saturated carbocycles. The number of nitrogens with zero attached hydrogens (tertiary/aromatic N) is 1. The summed E-state index contributed by atoms with van der Waals surface area (Å²) in [5.74, 6) is 0. The standard InChI is InChI=1S/C7H15N3O/c1-6(8)5-10-4-2-3-9-7(10)11/h6H,2-5,8H2,1H3,(H,9,11). The molecule has 64 valence electrons. The van der Waals surface area contributed by atoms with Crippen LogP contribution in [-0.2, 0) is 0 Å². The molecule has 0 radical (unpaired) electrons. The molecule has 0 spiro atoms. The van der Waals surface area contributed by atoms with Crippen molar-refractivity contribution in [1.29, 1.82) is 0 Å². The first-order valence-corrected chi connectivity index (χ1v) is 3.98. The molecule has 1 unspecified atom stereocenters. The molecule has 2 amide bonds. The van der Waals surface area contributed by atoms with Gasteiger partial charge in [-0.2, -0.15) is 0 Å². The molecule has 1 heterocycles. The Morgan fingerprint density at radius 1 is 1.82 bits per heavy atom. The summed E-state index contributed by atoms with van der Waals surface area (Å²) < 4.78 is 0. The fourth-order valence-electron chi connectivity index (χ4n) is 1.20. The van der Waals surface area contributed by atoms with E-state index in [1.165, 1.54) is 0 Å². The van der Waals surface area contributed by atoms with Crippen LogP contribution in [0.2, 0.25) is 0 Å². The van der Waals surface area contributed by atoms with E-state index in [2.05, 4.69) is 5.32 Å². The van der Waals surface area contributed by atoms with E-state index >= 15 is 0 Å². The molecular formula is C7H15N3O. The SMILES string of the molecule is CC(N)CN1CCCNC1=O. The van der Waals surface area contributed by atoms with Crippen LogP contribution in [0.1, 0.15) is 13.3 Å². The third-order valence-corrected chi connectivity index (χ3v) is 1.68. The molecule has 1 rings (SSSR count). The fourth-order valence-corrected chi connectivity index (χ4v) is 1.20. The highest BCUT2D eigenvalue weighted by Crippen LogP contribution is 1.98. The topological polar surface area (TPSA) is 58.4 Å². The van der Waals surface area contributed by atoms with Crippen LogP contribution in [0.5, 0.6) is 0 Å². The summed E-state index contributed by atoms with van der Waals surface area (Å²) in [4.78, 5) is 12.8. The van der Waals surface area contributed by atoms with Crippen molar-refractivity contribution in [3.8, 4) is 0 Å². The van der Waals surface area contributed by atoms with Gasteiger partial charge >= 0.3 is 6.03 Å². The molecule has 1 saturated heterocycles. The lowest BCUT2D eigenvalue weighted by atomic mass is 10.3. The second-order valence-electron chi connectivity index (χ2n) is 3.01. The van der Waals surface area contributed by atoms with Gasteiger partial charge in [-0.1, -0.05) is 0 Å². The predicted octanol–water partition coefficient (Wildman–Crippen LogP) is -0.251. The summed E-state index contributed by atoms with van der Waals surface area (Å²) >= 11 is 0. The number of hydrogen-bond acceptors (Lipinski definition) is 2. The van der Waals surface area contributed by atoms with Crippen molar-refractivity contribution in [3.05, 3.63) is 0 Å². The van der Waals surface area contributed by atoms with E-state index in [9.17, 15) is 4.79 Å². The Hall–Kier alpha value is -0.770. The van der Waals surface area contributed by atoms with Crippen molar-refractivity contribution in [1.82, 2.24) is 10.2 Å². The Labute approximate surface area is 66.7 Å². The Balaban J connectivity index is 2.36. The van der Waals surface area contributed by atoms with Crippen LogP contribution in [0, 0.1) is 0 Å². The Morgan fingerprint density at radius 3 is 3.09 bits per heavy atom. The third-order valence-electron chi connectivity index (χ3n) is 1.68. The maximum absolute atomic E-state index is 11.1. The molecule has 4 nitrogen and oxygen atoms in total. The average molecular weight is 157 g/mol. The van der Waals surface area contributed by atoms with Gasteiger partial charge < -0.3 is 16.0 Å². The van der Waals surface area contributed by atoms with Gasteiger partial charge in [0.15, 0.2) is 0 Å². The quantitative estimate of drug-likeness (QED) is 0.580. The molecule has 1 aliphatic rings. The smallest absolute Gasteiger partial charge is 0.317 e. The molecule has 11 heavy (non-hydrogen) atoms. The number of hydrogen-bond donors (Lipinski definition) is 2. The van der Waals surface area contributed by atoms with Gasteiger partial charge in [-0.3, -0.25) is 0 Å². The number of urea groups is 1. The molecule has 1 atom stereocenters. The highest BCUT2D eigenvalue weighted by molar-refractivity contribution is 5.74. The molecule has 0 aliphatic carbocycles. The Bertz CT molecular complexity index is 147. The third kappa shape index (κ3) is 2.38. The zero-order valence-corrected chi connectivity index (χ0v) is 6.84. The van der Waals surface area contributed by atoms with Crippen molar-refractivity contribution in [2.24, 2.45) is 5.73 Å². The maximum Gasteiger partial charge on any atom is 0.317 e. The fraction of sp³-hybridized carbons (Fsp3) is 0.857. The second kappa shape index (κ2) is 3.57. The van der Waals surface area contributed by atoms with Gasteiger partial charge in [0.25, 0.3) is 0 Å². The minimum absolute atomic E-state index is 0.0218. The van der Waals surface area contributed by atoms with E-state index in [1.54, 1.807) is 4.90 Å². The van der Waals surface area contributed by atoms with Crippen LogP contribution in [0.4, 0.5) is 4.79 Å². The Morgan fingerprint density at radius 2 is 2.55 bits per heavy atom. The summed E-state index contributed by atoms with van der Waals surface area (Å²) in [6, 6.07) is 0.0902. The lowest BCUT2D eigenvalue weighted by Gasteiger charge is -2.28. The molecular weight excluding hydrogens is 142 g/mol. The molecule has 1 fully saturated rings. The lowest BCUT2D eigenvalue weighted by Crippen LogP contribution is -2.49. The monoisotopic (exact) mass is 157 g/mol. The first kappa shape index (κ1) is 8.33. The minimum Gasteiger partial charge on any atom is -0.338 e. The van der Waals surface area contributed by atoms with E-state index in [4.69, 9.17) is 5.73 Å². The van der Waals surface area contributed by atoms with Gasteiger partial charge in [0.05, 0.1) is 0 Å². The van der Waals surface area contributed by atoms with E-state index in [-0.39, 0.29) is 12.1 Å². The summed E-state index contributed by atoms with van der Waals surface area (Å²) in [6.45, 7) is 4.20. The first-order valence-electron chi connectivity index (χ1n) is 3.98. The zero-order chi connectivity index (χ0) is 8.27. The van der Waals surface area contributed by atoms with Crippen molar-refractivity contribution >= 4 is 6.03 Å². The zero-order valence-electron chi connectivity index (χ0n) is 6.84. The highest BCUT2D eigenvalue weighted by atomic mass is 16.2. The average Bonchev–Trinajstić information content (AvgIpc) is 1.93. The van der Waals surface area contributed by atoms with E-state index in [0.717, 1.165) is 19.5 Å². The van der Waals surface area contributed by atoms with E-state index in [1.807, 2.05) is 6.92 Å².